The number of aromatic carboxylic acids is 1. The topological polar surface area (TPSA) is 48.7 Å². The monoisotopic (exact) mass is 375 g/mol. The van der Waals surface area contributed by atoms with Crippen molar-refractivity contribution in [1.82, 2.24) is 9.47 Å². The number of rotatable bonds is 5. The van der Waals surface area contributed by atoms with E-state index in [-0.39, 0.29) is 0 Å². The minimum absolute atomic E-state index is 0.336. The minimum Gasteiger partial charge on any atom is -0.478 e. The summed E-state index contributed by atoms with van der Waals surface area (Å²) in [6, 6.07) is 18.3. The van der Waals surface area contributed by atoms with E-state index in [0.717, 1.165) is 42.9 Å². The standard InChI is InChI=1S/C23H25N3O2/c1-24-11-13-26(14-12-24)20-9-7-19(8-10-20)21-16-25(17-22(21)23(27)28)15-18-5-3-2-4-6-18/h2-10,16-17H,11-15H2,1H3,(H,27,28). The first-order valence-electron chi connectivity index (χ1n) is 9.61. The summed E-state index contributed by atoms with van der Waals surface area (Å²) < 4.78 is 1.95. The van der Waals surface area contributed by atoms with Crippen molar-refractivity contribution in [2.24, 2.45) is 0 Å². The lowest BCUT2D eigenvalue weighted by Crippen LogP contribution is -2.44. The molecule has 0 aliphatic carbocycles. The third-order valence-corrected chi connectivity index (χ3v) is 5.37. The predicted octanol–water partition coefficient (Wildman–Crippen LogP) is 3.65. The van der Waals surface area contributed by atoms with Gasteiger partial charge in [-0.3, -0.25) is 0 Å². The SMILES string of the molecule is CN1CCN(c2ccc(-c3cn(Cc4ccccc4)cc3C(=O)O)cc2)CC1. The number of carboxylic acid groups (broad SMARTS) is 1. The summed E-state index contributed by atoms with van der Waals surface area (Å²) >= 11 is 0. The van der Waals surface area contributed by atoms with Crippen molar-refractivity contribution in [3.63, 3.8) is 0 Å². The van der Waals surface area contributed by atoms with Crippen molar-refractivity contribution in [3.8, 4) is 11.1 Å². The lowest BCUT2D eigenvalue weighted by molar-refractivity contribution is 0.0697. The Hall–Kier alpha value is -3.05. The van der Waals surface area contributed by atoms with E-state index < -0.39 is 5.97 Å². The van der Waals surface area contributed by atoms with Gasteiger partial charge in [0.1, 0.15) is 0 Å². The van der Waals surface area contributed by atoms with Crippen molar-refractivity contribution < 1.29 is 9.90 Å². The zero-order valence-electron chi connectivity index (χ0n) is 16.1. The number of carbonyl (C=O) groups is 1. The Morgan fingerprint density at radius 1 is 0.929 bits per heavy atom. The first-order chi connectivity index (χ1) is 13.6. The molecule has 144 valence electrons. The zero-order chi connectivity index (χ0) is 19.5. The smallest absolute Gasteiger partial charge is 0.337 e. The van der Waals surface area contributed by atoms with Crippen molar-refractivity contribution in [2.75, 3.05) is 38.1 Å². The number of nitrogens with zero attached hydrogens (tertiary/aromatic N) is 3. The van der Waals surface area contributed by atoms with Gasteiger partial charge in [0.05, 0.1) is 5.56 Å². The highest BCUT2D eigenvalue weighted by atomic mass is 16.4. The third kappa shape index (κ3) is 3.94. The molecule has 1 aliphatic rings. The largest absolute Gasteiger partial charge is 0.478 e. The van der Waals surface area contributed by atoms with Crippen LogP contribution in [0, 0.1) is 0 Å². The van der Waals surface area contributed by atoms with E-state index in [2.05, 4.69) is 29.0 Å². The molecule has 1 fully saturated rings. The fraction of sp³-hybridized carbons (Fsp3) is 0.261. The molecule has 0 bridgehead atoms. The van der Waals surface area contributed by atoms with E-state index in [1.807, 2.05) is 53.2 Å². The lowest BCUT2D eigenvalue weighted by atomic mass is 10.0. The van der Waals surface area contributed by atoms with Crippen LogP contribution in [0.1, 0.15) is 15.9 Å². The van der Waals surface area contributed by atoms with Gasteiger partial charge in [0.25, 0.3) is 0 Å². The molecule has 3 aromatic rings. The van der Waals surface area contributed by atoms with Gasteiger partial charge in [-0.15, -0.1) is 0 Å². The molecule has 0 unspecified atom stereocenters. The Morgan fingerprint density at radius 2 is 1.61 bits per heavy atom. The second kappa shape index (κ2) is 7.90. The van der Waals surface area contributed by atoms with Crippen LogP contribution in [0.15, 0.2) is 67.0 Å². The summed E-state index contributed by atoms with van der Waals surface area (Å²) in [5.74, 6) is -0.898. The number of hydrogen-bond donors (Lipinski definition) is 1. The molecular weight excluding hydrogens is 350 g/mol. The Morgan fingerprint density at radius 3 is 2.25 bits per heavy atom. The van der Waals surface area contributed by atoms with E-state index in [0.29, 0.717) is 12.1 Å². The molecule has 0 spiro atoms. The Labute approximate surface area is 165 Å². The fourth-order valence-electron chi connectivity index (χ4n) is 3.71. The zero-order valence-corrected chi connectivity index (χ0v) is 16.1. The van der Waals surface area contributed by atoms with Crippen LogP contribution in [0.3, 0.4) is 0 Å². The minimum atomic E-state index is -0.898. The molecule has 1 aromatic heterocycles. The number of hydrogen-bond acceptors (Lipinski definition) is 3. The first kappa shape index (κ1) is 18.3. The van der Waals surface area contributed by atoms with Crippen LogP contribution in [0.2, 0.25) is 0 Å². The highest BCUT2D eigenvalue weighted by Crippen LogP contribution is 2.28. The summed E-state index contributed by atoms with van der Waals surface area (Å²) in [6.45, 7) is 4.81. The molecule has 0 amide bonds. The molecule has 0 atom stereocenters. The summed E-state index contributed by atoms with van der Waals surface area (Å²) in [5, 5.41) is 9.66. The van der Waals surface area contributed by atoms with Crippen molar-refractivity contribution in [3.05, 3.63) is 78.1 Å². The number of anilines is 1. The van der Waals surface area contributed by atoms with Gasteiger partial charge < -0.3 is 19.5 Å². The molecule has 1 aliphatic heterocycles. The van der Waals surface area contributed by atoms with Gasteiger partial charge in [-0.2, -0.15) is 0 Å². The highest BCUT2D eigenvalue weighted by Gasteiger charge is 2.17. The van der Waals surface area contributed by atoms with Gasteiger partial charge in [0.15, 0.2) is 0 Å². The molecule has 2 aromatic carbocycles. The normalized spacial score (nSPS) is 15.0. The average molecular weight is 375 g/mol. The molecule has 5 nitrogen and oxygen atoms in total. The lowest BCUT2D eigenvalue weighted by Gasteiger charge is -2.34. The molecule has 28 heavy (non-hydrogen) atoms. The van der Waals surface area contributed by atoms with E-state index in [9.17, 15) is 9.90 Å². The summed E-state index contributed by atoms with van der Waals surface area (Å²) in [4.78, 5) is 16.5. The molecule has 1 N–H and O–H groups in total. The van der Waals surface area contributed by atoms with E-state index >= 15 is 0 Å². The highest BCUT2D eigenvalue weighted by molar-refractivity contribution is 5.96. The molecular formula is C23H25N3O2. The summed E-state index contributed by atoms with van der Waals surface area (Å²) in [6.07, 6.45) is 3.65. The summed E-state index contributed by atoms with van der Waals surface area (Å²) in [7, 11) is 2.15. The maximum atomic E-state index is 11.8. The van der Waals surface area contributed by atoms with Gasteiger partial charge >= 0.3 is 5.97 Å². The Bertz CT molecular complexity index is 940. The third-order valence-electron chi connectivity index (χ3n) is 5.37. The maximum absolute atomic E-state index is 11.8. The average Bonchev–Trinajstić information content (AvgIpc) is 3.14. The Kier molecular flexibility index (Phi) is 5.17. The molecule has 2 heterocycles. The van der Waals surface area contributed by atoms with Crippen LogP contribution in [-0.2, 0) is 6.54 Å². The number of carboxylic acids is 1. The summed E-state index contributed by atoms with van der Waals surface area (Å²) in [5.41, 5.74) is 4.36. The van der Waals surface area contributed by atoms with Crippen molar-refractivity contribution in [2.45, 2.75) is 6.54 Å². The van der Waals surface area contributed by atoms with E-state index in [1.54, 1.807) is 6.20 Å². The first-order valence-corrected chi connectivity index (χ1v) is 9.61. The molecule has 1 saturated heterocycles. The van der Waals surface area contributed by atoms with Crippen LogP contribution < -0.4 is 4.90 Å². The number of benzene rings is 2. The predicted molar refractivity (Wildman–Crippen MR) is 112 cm³/mol. The number of likely N-dealkylation sites (N-methyl/N-ethyl adjacent to an activating group) is 1. The van der Waals surface area contributed by atoms with Crippen LogP contribution in [0.5, 0.6) is 0 Å². The maximum Gasteiger partial charge on any atom is 0.337 e. The molecule has 4 rings (SSSR count). The second-order valence-corrected chi connectivity index (χ2v) is 7.39. The Balaban J connectivity index is 1.58. The molecule has 0 saturated carbocycles. The van der Waals surface area contributed by atoms with Crippen molar-refractivity contribution in [1.29, 1.82) is 0 Å². The number of aromatic nitrogens is 1. The van der Waals surface area contributed by atoms with Gasteiger partial charge in [-0.25, -0.2) is 4.79 Å². The van der Waals surface area contributed by atoms with Crippen LogP contribution in [0.25, 0.3) is 11.1 Å². The van der Waals surface area contributed by atoms with Gasteiger partial charge in [0, 0.05) is 56.4 Å². The molecule has 0 radical (unpaired) electrons. The van der Waals surface area contributed by atoms with Crippen molar-refractivity contribution >= 4 is 11.7 Å². The fourth-order valence-corrected chi connectivity index (χ4v) is 3.71. The number of piperazine rings is 1. The van der Waals surface area contributed by atoms with E-state index in [1.165, 1.54) is 5.69 Å². The van der Waals surface area contributed by atoms with E-state index in [4.69, 9.17) is 0 Å². The van der Waals surface area contributed by atoms with Crippen LogP contribution >= 0.6 is 0 Å². The van der Waals surface area contributed by atoms with Crippen LogP contribution in [-0.4, -0.2) is 53.8 Å². The quantitative estimate of drug-likeness (QED) is 0.739. The van der Waals surface area contributed by atoms with Gasteiger partial charge in [0.2, 0.25) is 0 Å². The second-order valence-electron chi connectivity index (χ2n) is 7.39. The van der Waals surface area contributed by atoms with Gasteiger partial charge in [-0.1, -0.05) is 42.5 Å². The molecule has 5 heteroatoms. The van der Waals surface area contributed by atoms with Crippen LogP contribution in [0.4, 0.5) is 5.69 Å². The van der Waals surface area contributed by atoms with Gasteiger partial charge in [-0.05, 0) is 30.3 Å².